The van der Waals surface area contributed by atoms with Crippen LogP contribution in [0, 0.1) is 17.1 Å². The lowest BCUT2D eigenvalue weighted by atomic mass is 10.1. The lowest BCUT2D eigenvalue weighted by molar-refractivity contribution is 0.202. The van der Waals surface area contributed by atoms with Crippen LogP contribution in [0.1, 0.15) is 11.1 Å². The molecular weight excluding hydrogens is 319 g/mol. The molecule has 2 aromatic rings. The zero-order valence-electron chi connectivity index (χ0n) is 14.4. The van der Waals surface area contributed by atoms with Gasteiger partial charge in [0.1, 0.15) is 5.82 Å². The molecule has 0 aromatic heterocycles. The molecule has 0 radical (unpaired) electrons. The van der Waals surface area contributed by atoms with Crippen LogP contribution in [0.2, 0.25) is 0 Å². The molecule has 1 N–H and O–H groups in total. The molecule has 0 saturated heterocycles. The van der Waals surface area contributed by atoms with Crippen LogP contribution >= 0.6 is 0 Å². The number of nitrogens with one attached hydrogen (secondary N) is 1. The fourth-order valence-electron chi connectivity index (χ4n) is 2.24. The molecule has 2 aromatic carbocycles. The van der Waals surface area contributed by atoms with Crippen LogP contribution in [0.4, 0.5) is 14.9 Å². The minimum atomic E-state index is -0.471. The SMILES string of the molecule is CN(C)CCN(Cc1ccc(C#N)cc1)C(=O)Nc1ccccc1F. The number of anilines is 1. The maximum atomic E-state index is 13.8. The summed E-state index contributed by atoms with van der Waals surface area (Å²) >= 11 is 0. The molecule has 0 aliphatic carbocycles. The van der Waals surface area contributed by atoms with Crippen molar-refractivity contribution in [2.45, 2.75) is 6.54 Å². The van der Waals surface area contributed by atoms with E-state index in [2.05, 4.69) is 11.4 Å². The van der Waals surface area contributed by atoms with E-state index in [4.69, 9.17) is 5.26 Å². The molecule has 0 spiro atoms. The highest BCUT2D eigenvalue weighted by Gasteiger charge is 2.16. The summed E-state index contributed by atoms with van der Waals surface area (Å²) < 4.78 is 13.8. The van der Waals surface area contributed by atoms with Crippen molar-refractivity contribution in [1.82, 2.24) is 9.80 Å². The first-order chi connectivity index (χ1) is 12.0. The minimum absolute atomic E-state index is 0.155. The number of hydrogen-bond acceptors (Lipinski definition) is 3. The Bertz CT molecular complexity index is 753. The van der Waals surface area contributed by atoms with Gasteiger partial charge in [0.05, 0.1) is 17.3 Å². The average molecular weight is 340 g/mol. The van der Waals surface area contributed by atoms with Crippen molar-refractivity contribution in [3.8, 4) is 6.07 Å². The van der Waals surface area contributed by atoms with Gasteiger partial charge in [0, 0.05) is 19.6 Å². The van der Waals surface area contributed by atoms with E-state index in [1.807, 2.05) is 31.1 Å². The van der Waals surface area contributed by atoms with E-state index in [0.717, 1.165) is 5.56 Å². The zero-order chi connectivity index (χ0) is 18.2. The Labute approximate surface area is 147 Å². The minimum Gasteiger partial charge on any atom is -0.319 e. The Morgan fingerprint density at radius 2 is 1.80 bits per heavy atom. The quantitative estimate of drug-likeness (QED) is 0.878. The third-order valence-corrected chi connectivity index (χ3v) is 3.68. The van der Waals surface area contributed by atoms with Crippen molar-refractivity contribution in [2.24, 2.45) is 0 Å². The first kappa shape index (κ1) is 18.4. The average Bonchev–Trinajstić information content (AvgIpc) is 2.60. The van der Waals surface area contributed by atoms with Crippen molar-refractivity contribution in [3.05, 3.63) is 65.5 Å². The zero-order valence-corrected chi connectivity index (χ0v) is 14.4. The maximum absolute atomic E-state index is 13.8. The first-order valence-electron chi connectivity index (χ1n) is 7.94. The van der Waals surface area contributed by atoms with Crippen molar-refractivity contribution < 1.29 is 9.18 Å². The molecule has 0 aliphatic heterocycles. The van der Waals surface area contributed by atoms with E-state index in [1.165, 1.54) is 12.1 Å². The normalized spacial score (nSPS) is 10.4. The van der Waals surface area contributed by atoms with Gasteiger partial charge in [-0.15, -0.1) is 0 Å². The molecule has 0 fully saturated rings. The number of urea groups is 1. The topological polar surface area (TPSA) is 59.4 Å². The Balaban J connectivity index is 2.12. The van der Waals surface area contributed by atoms with Crippen LogP contribution in [0.25, 0.3) is 0 Å². The second kappa shape index (κ2) is 8.81. The number of carbonyl (C=O) groups is 1. The van der Waals surface area contributed by atoms with Gasteiger partial charge in [0.25, 0.3) is 0 Å². The van der Waals surface area contributed by atoms with Gasteiger partial charge in [-0.1, -0.05) is 24.3 Å². The van der Waals surface area contributed by atoms with Crippen LogP contribution < -0.4 is 5.32 Å². The van der Waals surface area contributed by atoms with Gasteiger partial charge in [0.2, 0.25) is 0 Å². The molecule has 0 aliphatic rings. The third-order valence-electron chi connectivity index (χ3n) is 3.68. The molecule has 2 amide bonds. The maximum Gasteiger partial charge on any atom is 0.322 e. The van der Waals surface area contributed by atoms with Crippen molar-refractivity contribution in [3.63, 3.8) is 0 Å². The molecule has 2 rings (SSSR count). The third kappa shape index (κ3) is 5.59. The van der Waals surface area contributed by atoms with E-state index in [0.29, 0.717) is 25.2 Å². The Morgan fingerprint density at radius 3 is 2.40 bits per heavy atom. The molecule has 25 heavy (non-hydrogen) atoms. The van der Waals surface area contributed by atoms with Crippen LogP contribution in [0.15, 0.2) is 48.5 Å². The largest absolute Gasteiger partial charge is 0.322 e. The van der Waals surface area contributed by atoms with Gasteiger partial charge in [-0.3, -0.25) is 0 Å². The summed E-state index contributed by atoms with van der Waals surface area (Å²) in [5.41, 5.74) is 1.63. The van der Waals surface area contributed by atoms with Gasteiger partial charge in [-0.2, -0.15) is 5.26 Å². The van der Waals surface area contributed by atoms with Crippen LogP contribution in [-0.2, 0) is 6.54 Å². The molecule has 6 heteroatoms. The number of likely N-dealkylation sites (N-methyl/N-ethyl adjacent to an activating group) is 1. The molecule has 0 heterocycles. The number of hydrogen-bond donors (Lipinski definition) is 1. The Morgan fingerprint density at radius 1 is 1.12 bits per heavy atom. The highest BCUT2D eigenvalue weighted by Crippen LogP contribution is 2.14. The molecule has 5 nitrogen and oxygen atoms in total. The van der Waals surface area contributed by atoms with Gasteiger partial charge in [-0.25, -0.2) is 9.18 Å². The monoisotopic (exact) mass is 340 g/mol. The number of rotatable bonds is 6. The summed E-state index contributed by atoms with van der Waals surface area (Å²) in [6.45, 7) is 1.55. The van der Waals surface area contributed by atoms with Crippen molar-refractivity contribution in [2.75, 3.05) is 32.5 Å². The number of carbonyl (C=O) groups excluding carboxylic acids is 1. The number of amides is 2. The summed E-state index contributed by atoms with van der Waals surface area (Å²) in [5.74, 6) is -0.471. The number of nitrogens with zero attached hydrogens (tertiary/aromatic N) is 3. The summed E-state index contributed by atoms with van der Waals surface area (Å²) in [6, 6.07) is 14.8. The number of para-hydroxylation sites is 1. The molecule has 130 valence electrons. The fraction of sp³-hybridized carbons (Fsp3) is 0.263. The van der Waals surface area contributed by atoms with Crippen molar-refractivity contribution in [1.29, 1.82) is 5.26 Å². The molecule has 0 bridgehead atoms. The van der Waals surface area contributed by atoms with Crippen LogP contribution in [0.3, 0.4) is 0 Å². The molecule has 0 saturated carbocycles. The fourth-order valence-corrected chi connectivity index (χ4v) is 2.24. The standard InChI is InChI=1S/C19H21FN4O/c1-23(2)11-12-24(14-16-9-7-15(13-21)8-10-16)19(25)22-18-6-4-3-5-17(18)20/h3-10H,11-12,14H2,1-2H3,(H,22,25). The van der Waals surface area contributed by atoms with Gasteiger partial charge in [0.15, 0.2) is 0 Å². The molecule has 0 atom stereocenters. The second-order valence-corrected chi connectivity index (χ2v) is 5.94. The van der Waals surface area contributed by atoms with E-state index >= 15 is 0 Å². The number of halogens is 1. The molecular formula is C19H21FN4O. The summed E-state index contributed by atoms with van der Waals surface area (Å²) in [4.78, 5) is 16.2. The summed E-state index contributed by atoms with van der Waals surface area (Å²) in [5, 5.41) is 11.5. The lowest BCUT2D eigenvalue weighted by Gasteiger charge is -2.25. The predicted molar refractivity (Wildman–Crippen MR) is 95.5 cm³/mol. The first-order valence-corrected chi connectivity index (χ1v) is 7.94. The van der Waals surface area contributed by atoms with Crippen LogP contribution in [0.5, 0.6) is 0 Å². The van der Waals surface area contributed by atoms with E-state index in [-0.39, 0.29) is 11.7 Å². The summed E-state index contributed by atoms with van der Waals surface area (Å²) in [7, 11) is 3.85. The van der Waals surface area contributed by atoms with Gasteiger partial charge < -0.3 is 15.1 Å². The summed E-state index contributed by atoms with van der Waals surface area (Å²) in [6.07, 6.45) is 0. The van der Waals surface area contributed by atoms with E-state index in [9.17, 15) is 9.18 Å². The van der Waals surface area contributed by atoms with Crippen LogP contribution in [-0.4, -0.2) is 43.0 Å². The second-order valence-electron chi connectivity index (χ2n) is 5.94. The highest BCUT2D eigenvalue weighted by atomic mass is 19.1. The number of benzene rings is 2. The van der Waals surface area contributed by atoms with Crippen molar-refractivity contribution >= 4 is 11.7 Å². The number of nitriles is 1. The highest BCUT2D eigenvalue weighted by molar-refractivity contribution is 5.89. The smallest absolute Gasteiger partial charge is 0.319 e. The lowest BCUT2D eigenvalue weighted by Crippen LogP contribution is -2.39. The molecule has 0 unspecified atom stereocenters. The van der Waals surface area contributed by atoms with E-state index in [1.54, 1.807) is 29.2 Å². The van der Waals surface area contributed by atoms with Gasteiger partial charge in [-0.05, 0) is 43.9 Å². The van der Waals surface area contributed by atoms with E-state index < -0.39 is 5.82 Å². The van der Waals surface area contributed by atoms with Gasteiger partial charge >= 0.3 is 6.03 Å². The Kier molecular flexibility index (Phi) is 6.49. The predicted octanol–water partition coefficient (Wildman–Crippen LogP) is 3.29. The Hall–Kier alpha value is -2.91.